The van der Waals surface area contributed by atoms with Crippen LogP contribution in [-0.2, 0) is 4.79 Å². The molecule has 0 N–H and O–H groups in total. The third-order valence-electron chi connectivity index (χ3n) is 3.29. The summed E-state index contributed by atoms with van der Waals surface area (Å²) < 4.78 is 0. The van der Waals surface area contributed by atoms with Crippen LogP contribution in [0.15, 0.2) is 30.3 Å². The molecule has 0 unspecified atom stereocenters. The van der Waals surface area contributed by atoms with Crippen molar-refractivity contribution in [2.75, 3.05) is 5.75 Å². The fraction of sp³-hybridized carbons (Fsp3) is 0.467. The van der Waals surface area contributed by atoms with Crippen LogP contribution < -0.4 is 5.11 Å². The SMILES string of the molecule is CC(C)C[C@H]1SC[C@H](C(=O)[O-])N1C(=O)c1ccccc1. The van der Waals surface area contributed by atoms with E-state index >= 15 is 0 Å². The van der Waals surface area contributed by atoms with Gasteiger partial charge in [0.15, 0.2) is 0 Å². The maximum Gasteiger partial charge on any atom is 0.255 e. The molecule has 1 aliphatic rings. The van der Waals surface area contributed by atoms with Crippen LogP contribution in [0.25, 0.3) is 0 Å². The Morgan fingerprint density at radius 1 is 1.35 bits per heavy atom. The number of rotatable bonds is 4. The summed E-state index contributed by atoms with van der Waals surface area (Å²) in [6, 6.07) is 7.98. The first-order valence-corrected chi connectivity index (χ1v) is 7.75. The molecule has 1 saturated heterocycles. The Hall–Kier alpha value is -1.49. The number of carboxylic acids is 1. The molecule has 2 rings (SSSR count). The Labute approximate surface area is 123 Å². The van der Waals surface area contributed by atoms with Gasteiger partial charge in [0.2, 0.25) is 0 Å². The molecule has 1 aliphatic heterocycles. The Morgan fingerprint density at radius 3 is 2.55 bits per heavy atom. The lowest BCUT2D eigenvalue weighted by Crippen LogP contribution is -2.51. The molecule has 1 amide bonds. The third kappa shape index (κ3) is 3.15. The molecule has 0 saturated carbocycles. The predicted molar refractivity (Wildman–Crippen MR) is 77.1 cm³/mol. The van der Waals surface area contributed by atoms with Gasteiger partial charge in [-0.2, -0.15) is 0 Å². The molecule has 0 aromatic heterocycles. The lowest BCUT2D eigenvalue weighted by molar-refractivity contribution is -0.310. The zero-order chi connectivity index (χ0) is 14.7. The molecule has 108 valence electrons. The number of aliphatic carboxylic acids is 1. The lowest BCUT2D eigenvalue weighted by atomic mass is 10.1. The Bertz CT molecular complexity index is 489. The quantitative estimate of drug-likeness (QED) is 0.841. The van der Waals surface area contributed by atoms with Gasteiger partial charge in [-0.15, -0.1) is 11.8 Å². The average Bonchev–Trinajstić information content (AvgIpc) is 2.82. The van der Waals surface area contributed by atoms with Crippen molar-refractivity contribution in [3.63, 3.8) is 0 Å². The Balaban J connectivity index is 2.26. The monoisotopic (exact) mass is 292 g/mol. The summed E-state index contributed by atoms with van der Waals surface area (Å²) >= 11 is 1.52. The van der Waals surface area contributed by atoms with E-state index in [0.717, 1.165) is 6.42 Å². The van der Waals surface area contributed by atoms with Crippen LogP contribution in [0.1, 0.15) is 30.6 Å². The van der Waals surface area contributed by atoms with Crippen LogP contribution in [-0.4, -0.2) is 33.9 Å². The molecule has 4 nitrogen and oxygen atoms in total. The minimum Gasteiger partial charge on any atom is -0.548 e. The molecule has 1 aromatic carbocycles. The summed E-state index contributed by atoms with van der Waals surface area (Å²) in [4.78, 5) is 25.3. The van der Waals surface area contributed by atoms with Crippen LogP contribution in [0, 0.1) is 5.92 Å². The third-order valence-corrected chi connectivity index (χ3v) is 4.61. The number of hydrogen-bond acceptors (Lipinski definition) is 4. The van der Waals surface area contributed by atoms with Crippen LogP contribution in [0.2, 0.25) is 0 Å². The molecule has 0 radical (unpaired) electrons. The minimum absolute atomic E-state index is 0.0920. The van der Waals surface area contributed by atoms with E-state index in [4.69, 9.17) is 0 Å². The zero-order valence-electron chi connectivity index (χ0n) is 11.6. The first kappa shape index (κ1) is 14.9. The van der Waals surface area contributed by atoms with E-state index in [-0.39, 0.29) is 11.3 Å². The second-order valence-corrected chi connectivity index (χ2v) is 6.54. The van der Waals surface area contributed by atoms with Crippen molar-refractivity contribution in [1.82, 2.24) is 4.90 Å². The van der Waals surface area contributed by atoms with Gasteiger partial charge in [0, 0.05) is 11.3 Å². The molecule has 1 aromatic rings. The highest BCUT2D eigenvalue weighted by Gasteiger charge is 2.38. The number of carbonyl (C=O) groups is 2. The molecular weight excluding hydrogens is 274 g/mol. The smallest absolute Gasteiger partial charge is 0.255 e. The van der Waals surface area contributed by atoms with E-state index in [1.165, 1.54) is 16.7 Å². The van der Waals surface area contributed by atoms with Gasteiger partial charge in [-0.1, -0.05) is 32.0 Å². The van der Waals surface area contributed by atoms with Crippen molar-refractivity contribution in [2.24, 2.45) is 5.92 Å². The van der Waals surface area contributed by atoms with Gasteiger partial charge in [0.1, 0.15) is 0 Å². The van der Waals surface area contributed by atoms with Crippen LogP contribution in [0.4, 0.5) is 0 Å². The summed E-state index contributed by atoms with van der Waals surface area (Å²) in [5, 5.41) is 11.2. The van der Waals surface area contributed by atoms with Crippen molar-refractivity contribution in [3.8, 4) is 0 Å². The molecule has 1 fully saturated rings. The van der Waals surface area contributed by atoms with Crippen molar-refractivity contribution >= 4 is 23.6 Å². The molecule has 0 bridgehead atoms. The van der Waals surface area contributed by atoms with E-state index in [9.17, 15) is 14.7 Å². The maximum absolute atomic E-state index is 12.6. The highest BCUT2D eigenvalue weighted by atomic mass is 32.2. The van der Waals surface area contributed by atoms with Crippen LogP contribution in [0.5, 0.6) is 0 Å². The highest BCUT2D eigenvalue weighted by Crippen LogP contribution is 2.34. The van der Waals surface area contributed by atoms with Gasteiger partial charge in [-0.25, -0.2) is 0 Å². The second kappa shape index (κ2) is 6.31. The first-order valence-electron chi connectivity index (χ1n) is 6.71. The van der Waals surface area contributed by atoms with Crippen LogP contribution >= 0.6 is 11.8 Å². The van der Waals surface area contributed by atoms with E-state index in [1.807, 2.05) is 6.07 Å². The lowest BCUT2D eigenvalue weighted by Gasteiger charge is -2.30. The van der Waals surface area contributed by atoms with Gasteiger partial charge in [0.05, 0.1) is 17.4 Å². The Kier molecular flexibility index (Phi) is 4.70. The topological polar surface area (TPSA) is 60.4 Å². The summed E-state index contributed by atoms with van der Waals surface area (Å²) in [5.41, 5.74) is 0.523. The zero-order valence-corrected chi connectivity index (χ0v) is 12.4. The minimum atomic E-state index is -1.17. The highest BCUT2D eigenvalue weighted by molar-refractivity contribution is 8.00. The fourth-order valence-electron chi connectivity index (χ4n) is 2.33. The van der Waals surface area contributed by atoms with E-state index in [2.05, 4.69) is 13.8 Å². The van der Waals surface area contributed by atoms with Gasteiger partial charge >= 0.3 is 0 Å². The molecule has 1 heterocycles. The Morgan fingerprint density at radius 2 is 2.00 bits per heavy atom. The van der Waals surface area contributed by atoms with E-state index in [1.54, 1.807) is 24.3 Å². The summed E-state index contributed by atoms with van der Waals surface area (Å²) in [7, 11) is 0. The number of carboxylic acid groups (broad SMARTS) is 1. The van der Waals surface area contributed by atoms with Crippen molar-refractivity contribution in [3.05, 3.63) is 35.9 Å². The average molecular weight is 292 g/mol. The maximum atomic E-state index is 12.6. The first-order chi connectivity index (χ1) is 9.50. The number of carbonyl (C=O) groups excluding carboxylic acids is 2. The summed E-state index contributed by atoms with van der Waals surface area (Å²) in [6.45, 7) is 4.14. The number of nitrogens with zero attached hydrogens (tertiary/aromatic N) is 1. The molecule has 0 spiro atoms. The molecule has 20 heavy (non-hydrogen) atoms. The summed E-state index contributed by atoms with van der Waals surface area (Å²) in [5.74, 6) is -0.597. The standard InChI is InChI=1S/C15H19NO3S/c1-10(2)8-13-16(12(9-20-13)15(18)19)14(17)11-6-4-3-5-7-11/h3-7,10,12-13H,8-9H2,1-2H3,(H,18,19)/p-1/t12-,13-/m1/s1. The summed E-state index contributed by atoms with van der Waals surface area (Å²) in [6.07, 6.45) is 0.785. The van der Waals surface area contributed by atoms with Gasteiger partial charge in [-0.05, 0) is 24.5 Å². The molecule has 2 atom stereocenters. The van der Waals surface area contributed by atoms with E-state index < -0.39 is 12.0 Å². The van der Waals surface area contributed by atoms with Gasteiger partial charge < -0.3 is 14.8 Å². The fourth-order valence-corrected chi connectivity index (χ4v) is 3.96. The second-order valence-electron chi connectivity index (χ2n) is 5.33. The van der Waals surface area contributed by atoms with Crippen LogP contribution in [0.3, 0.4) is 0 Å². The molecule has 5 heteroatoms. The number of benzene rings is 1. The van der Waals surface area contributed by atoms with Gasteiger partial charge in [-0.3, -0.25) is 4.79 Å². The molecule has 0 aliphatic carbocycles. The normalized spacial score (nSPS) is 22.2. The largest absolute Gasteiger partial charge is 0.548 e. The van der Waals surface area contributed by atoms with Crippen molar-refractivity contribution < 1.29 is 14.7 Å². The van der Waals surface area contributed by atoms with E-state index in [0.29, 0.717) is 17.2 Å². The number of amides is 1. The molecular formula is C15H18NO3S-. The predicted octanol–water partition coefficient (Wildman–Crippen LogP) is 1.37. The van der Waals surface area contributed by atoms with Crippen molar-refractivity contribution in [1.29, 1.82) is 0 Å². The van der Waals surface area contributed by atoms with Gasteiger partial charge in [0.25, 0.3) is 5.91 Å². The number of thioether (sulfide) groups is 1. The van der Waals surface area contributed by atoms with Crippen molar-refractivity contribution in [2.45, 2.75) is 31.7 Å². The number of hydrogen-bond donors (Lipinski definition) is 0.